The fourth-order valence-corrected chi connectivity index (χ4v) is 0.775. The topological polar surface area (TPSA) is 118 Å². The van der Waals surface area contributed by atoms with Crippen LogP contribution in [0.5, 0.6) is 0 Å². The quantitative estimate of drug-likeness (QED) is 0.411. The van der Waals surface area contributed by atoms with E-state index in [0.29, 0.717) is 0 Å². The van der Waals surface area contributed by atoms with E-state index in [1.807, 2.05) is 4.98 Å². The summed E-state index contributed by atoms with van der Waals surface area (Å²) in [6.45, 7) is 0. The van der Waals surface area contributed by atoms with Gasteiger partial charge < -0.3 is 11.5 Å². The fourth-order valence-electron chi connectivity index (χ4n) is 0.775. The van der Waals surface area contributed by atoms with Crippen molar-refractivity contribution < 1.29 is 0 Å². The summed E-state index contributed by atoms with van der Waals surface area (Å²) >= 11 is 0. The molecule has 1 rings (SSSR count). The van der Waals surface area contributed by atoms with Crippen molar-refractivity contribution in [3.8, 4) is 0 Å². The maximum absolute atomic E-state index is 11.0. The number of nitrogens with one attached hydrogen (secondary N) is 2. The largest absolute Gasteiger partial charge is 0.405 e. The molecule has 1 aromatic heterocycles. The summed E-state index contributed by atoms with van der Waals surface area (Å²) in [6.07, 6.45) is 2.48. The van der Waals surface area contributed by atoms with Gasteiger partial charge in [0.15, 0.2) is 0 Å². The first-order valence-corrected chi connectivity index (χ1v) is 3.15. The van der Waals surface area contributed by atoms with Gasteiger partial charge in [-0.1, -0.05) is 0 Å². The van der Waals surface area contributed by atoms with Gasteiger partial charge in [0, 0.05) is 0 Å². The lowest BCUT2D eigenvalue weighted by atomic mass is 10.3. The monoisotopic (exact) mass is 168 g/mol. The lowest BCUT2D eigenvalue weighted by Crippen LogP contribution is -2.25. The standard InChI is InChI=1S/C6H8N4O2/c7-2-1-3-4(8)9-6(12)10-5(3)11/h1-2H,7H2,(H4,8,9,10,11,12)/b2-1-. The van der Waals surface area contributed by atoms with Crippen LogP contribution < -0.4 is 22.7 Å². The van der Waals surface area contributed by atoms with Gasteiger partial charge in [0.25, 0.3) is 5.56 Å². The van der Waals surface area contributed by atoms with E-state index in [2.05, 4.69) is 4.98 Å². The number of aromatic nitrogens is 2. The SMILES string of the molecule is N/C=C\c1c(N)[nH]c(=O)[nH]c1=O. The van der Waals surface area contributed by atoms with Crippen molar-refractivity contribution in [2.75, 3.05) is 5.73 Å². The highest BCUT2D eigenvalue weighted by molar-refractivity contribution is 5.58. The Balaban J connectivity index is 3.49. The molecule has 0 saturated heterocycles. The third-order valence-electron chi connectivity index (χ3n) is 1.27. The highest BCUT2D eigenvalue weighted by Gasteiger charge is 2.00. The first-order valence-electron chi connectivity index (χ1n) is 3.15. The number of nitrogen functional groups attached to an aromatic ring is 1. The Labute approximate surface area is 66.9 Å². The summed E-state index contributed by atoms with van der Waals surface area (Å²) in [5.41, 5.74) is 9.34. The molecule has 0 aromatic carbocycles. The summed E-state index contributed by atoms with van der Waals surface area (Å²) in [5, 5.41) is 0. The molecule has 6 heteroatoms. The van der Waals surface area contributed by atoms with Crippen LogP contribution in [0.4, 0.5) is 5.82 Å². The van der Waals surface area contributed by atoms with Gasteiger partial charge in [-0.3, -0.25) is 14.8 Å². The summed E-state index contributed by atoms with van der Waals surface area (Å²) in [5.74, 6) is 0.00505. The Hall–Kier alpha value is -1.98. The normalized spacial score (nSPS) is 10.7. The molecule has 0 amide bonds. The van der Waals surface area contributed by atoms with Gasteiger partial charge in [-0.25, -0.2) is 4.79 Å². The van der Waals surface area contributed by atoms with Gasteiger partial charge >= 0.3 is 5.69 Å². The van der Waals surface area contributed by atoms with E-state index in [-0.39, 0.29) is 11.4 Å². The zero-order chi connectivity index (χ0) is 9.14. The van der Waals surface area contributed by atoms with E-state index in [1.54, 1.807) is 0 Å². The number of rotatable bonds is 1. The molecular weight excluding hydrogens is 160 g/mol. The number of H-pyrrole nitrogens is 2. The molecular formula is C6H8N4O2. The average Bonchev–Trinajstić information content (AvgIpc) is 1.96. The van der Waals surface area contributed by atoms with Gasteiger partial charge in [0.1, 0.15) is 5.82 Å². The van der Waals surface area contributed by atoms with Crippen LogP contribution in [0.25, 0.3) is 6.08 Å². The Morgan fingerprint density at radius 1 is 1.25 bits per heavy atom. The molecule has 1 heterocycles. The average molecular weight is 168 g/mol. The van der Waals surface area contributed by atoms with Crippen molar-refractivity contribution in [1.82, 2.24) is 9.97 Å². The van der Waals surface area contributed by atoms with E-state index >= 15 is 0 Å². The van der Waals surface area contributed by atoms with Crippen LogP contribution in [0.1, 0.15) is 5.56 Å². The highest BCUT2D eigenvalue weighted by atomic mass is 16.2. The van der Waals surface area contributed by atoms with E-state index in [0.717, 1.165) is 0 Å². The molecule has 0 bridgehead atoms. The first kappa shape index (κ1) is 8.12. The van der Waals surface area contributed by atoms with Crippen LogP contribution in [-0.2, 0) is 0 Å². The van der Waals surface area contributed by atoms with Gasteiger partial charge in [-0.05, 0) is 12.3 Å². The summed E-state index contributed by atoms with van der Waals surface area (Å²) < 4.78 is 0. The number of hydrogen-bond donors (Lipinski definition) is 4. The molecule has 0 unspecified atom stereocenters. The Bertz CT molecular complexity index is 414. The molecule has 0 fully saturated rings. The second-order valence-electron chi connectivity index (χ2n) is 2.09. The van der Waals surface area contributed by atoms with Crippen LogP contribution in [0.2, 0.25) is 0 Å². The van der Waals surface area contributed by atoms with Gasteiger partial charge in [-0.15, -0.1) is 0 Å². The Morgan fingerprint density at radius 2 is 1.92 bits per heavy atom. The van der Waals surface area contributed by atoms with E-state index in [4.69, 9.17) is 11.5 Å². The van der Waals surface area contributed by atoms with Crippen LogP contribution in [0.3, 0.4) is 0 Å². The van der Waals surface area contributed by atoms with Crippen molar-refractivity contribution in [2.45, 2.75) is 0 Å². The number of nitrogens with two attached hydrogens (primary N) is 2. The van der Waals surface area contributed by atoms with Crippen LogP contribution in [0.15, 0.2) is 15.8 Å². The zero-order valence-corrected chi connectivity index (χ0v) is 6.13. The number of anilines is 1. The summed E-state index contributed by atoms with van der Waals surface area (Å²) in [7, 11) is 0. The Morgan fingerprint density at radius 3 is 2.42 bits per heavy atom. The number of hydrogen-bond acceptors (Lipinski definition) is 4. The van der Waals surface area contributed by atoms with Crippen molar-refractivity contribution >= 4 is 11.9 Å². The maximum atomic E-state index is 11.0. The van der Waals surface area contributed by atoms with E-state index in [1.165, 1.54) is 12.3 Å². The molecule has 0 aliphatic carbocycles. The fraction of sp³-hybridized carbons (Fsp3) is 0. The van der Waals surface area contributed by atoms with Crippen molar-refractivity contribution in [2.24, 2.45) is 5.73 Å². The molecule has 6 N–H and O–H groups in total. The number of aromatic amines is 2. The van der Waals surface area contributed by atoms with Crippen LogP contribution >= 0.6 is 0 Å². The zero-order valence-electron chi connectivity index (χ0n) is 6.13. The lowest BCUT2D eigenvalue weighted by Gasteiger charge is -1.95. The molecule has 12 heavy (non-hydrogen) atoms. The molecule has 0 atom stereocenters. The maximum Gasteiger partial charge on any atom is 0.327 e. The van der Waals surface area contributed by atoms with Crippen molar-refractivity contribution in [1.29, 1.82) is 0 Å². The van der Waals surface area contributed by atoms with Gasteiger partial charge in [0.05, 0.1) is 5.56 Å². The minimum Gasteiger partial charge on any atom is -0.405 e. The molecule has 64 valence electrons. The molecule has 1 aromatic rings. The Kier molecular flexibility index (Phi) is 2.00. The third-order valence-corrected chi connectivity index (χ3v) is 1.27. The van der Waals surface area contributed by atoms with E-state index in [9.17, 15) is 9.59 Å². The summed E-state index contributed by atoms with van der Waals surface area (Å²) in [6, 6.07) is 0. The molecule has 0 saturated carbocycles. The second-order valence-corrected chi connectivity index (χ2v) is 2.09. The lowest BCUT2D eigenvalue weighted by molar-refractivity contribution is 1.04. The smallest absolute Gasteiger partial charge is 0.327 e. The minimum absolute atomic E-state index is 0.00505. The predicted octanol–water partition coefficient (Wildman–Crippen LogP) is -1.43. The first-order chi connectivity index (χ1) is 5.65. The van der Waals surface area contributed by atoms with Gasteiger partial charge in [-0.2, -0.15) is 0 Å². The van der Waals surface area contributed by atoms with Crippen LogP contribution in [0, 0.1) is 0 Å². The molecule has 0 aliphatic heterocycles. The molecule has 0 radical (unpaired) electrons. The van der Waals surface area contributed by atoms with Crippen molar-refractivity contribution in [3.05, 3.63) is 32.6 Å². The van der Waals surface area contributed by atoms with E-state index < -0.39 is 11.2 Å². The predicted molar refractivity (Wildman–Crippen MR) is 45.3 cm³/mol. The second kappa shape index (κ2) is 2.95. The minimum atomic E-state index is -0.633. The van der Waals surface area contributed by atoms with Gasteiger partial charge in [0.2, 0.25) is 0 Å². The summed E-state index contributed by atoms with van der Waals surface area (Å²) in [4.78, 5) is 25.8. The third kappa shape index (κ3) is 1.36. The highest BCUT2D eigenvalue weighted by Crippen LogP contribution is 1.98. The molecule has 6 nitrogen and oxygen atoms in total. The molecule has 0 aliphatic rings. The van der Waals surface area contributed by atoms with Crippen molar-refractivity contribution in [3.63, 3.8) is 0 Å². The molecule has 0 spiro atoms. The van der Waals surface area contributed by atoms with Crippen LogP contribution in [-0.4, -0.2) is 9.97 Å².